The Balaban J connectivity index is 2.45. The van der Waals surface area contributed by atoms with E-state index in [1.54, 1.807) is 19.1 Å². The lowest BCUT2D eigenvalue weighted by molar-refractivity contribution is 0.307. The smallest absolute Gasteiger partial charge is 0.229 e. The average Bonchev–Trinajstić information content (AvgIpc) is 2.75. The second kappa shape index (κ2) is 6.53. The van der Waals surface area contributed by atoms with Crippen LogP contribution in [0, 0.1) is 19.8 Å². The molecule has 0 amide bonds. The molecule has 2 rings (SSSR count). The highest BCUT2D eigenvalue weighted by molar-refractivity contribution is 7.92. The van der Waals surface area contributed by atoms with Crippen LogP contribution in [0.5, 0.6) is 0 Å². The first-order chi connectivity index (χ1) is 10.5. The first kappa shape index (κ1) is 18.4. The first-order valence-electron chi connectivity index (χ1n) is 7.82. The number of hydrogen-bond acceptors (Lipinski definition) is 4. The molecule has 0 spiro atoms. The fourth-order valence-corrected chi connectivity index (χ4v) is 6.87. The predicted octanol–water partition coefficient (Wildman–Crippen LogP) is 2.14. The fourth-order valence-electron chi connectivity index (χ4n) is 3.02. The van der Waals surface area contributed by atoms with Crippen molar-refractivity contribution in [2.45, 2.75) is 45.1 Å². The molecule has 7 heteroatoms. The lowest BCUT2D eigenvalue weighted by Gasteiger charge is -2.29. The molecule has 1 saturated heterocycles. The maximum atomic E-state index is 13.1. The van der Waals surface area contributed by atoms with Gasteiger partial charge in [0.05, 0.1) is 16.4 Å². The zero-order chi connectivity index (χ0) is 17.4. The third kappa shape index (κ3) is 4.14. The van der Waals surface area contributed by atoms with Crippen LogP contribution in [-0.4, -0.2) is 45.2 Å². The Morgan fingerprint density at radius 1 is 1.26 bits per heavy atom. The molecular weight excluding hydrogens is 334 g/mol. The number of sulfone groups is 1. The van der Waals surface area contributed by atoms with Crippen LogP contribution in [0.1, 0.15) is 31.4 Å². The normalized spacial score (nSPS) is 21.2. The summed E-state index contributed by atoms with van der Waals surface area (Å²) >= 11 is 0. The maximum Gasteiger partial charge on any atom is 0.243 e. The lowest BCUT2D eigenvalue weighted by atomic mass is 10.2. The molecule has 1 aromatic carbocycles. The van der Waals surface area contributed by atoms with Crippen LogP contribution in [0.4, 0.5) is 0 Å². The number of sulfonamides is 1. The Bertz CT molecular complexity index is 782. The van der Waals surface area contributed by atoms with Crippen LogP contribution < -0.4 is 0 Å². The van der Waals surface area contributed by atoms with Crippen molar-refractivity contribution in [2.24, 2.45) is 5.92 Å². The summed E-state index contributed by atoms with van der Waals surface area (Å²) in [7, 11) is -6.85. The summed E-state index contributed by atoms with van der Waals surface area (Å²) < 4.78 is 51.2. The van der Waals surface area contributed by atoms with Gasteiger partial charge < -0.3 is 0 Å². The molecule has 23 heavy (non-hydrogen) atoms. The molecule has 1 aliphatic heterocycles. The zero-order valence-electron chi connectivity index (χ0n) is 14.1. The standard InChI is InChI=1S/C16H25NO4S2/c1-12(2)10-17(15-7-8-22(18,19)11-15)23(20,21)16-6-5-13(3)9-14(16)4/h5-6,9,12,15H,7-8,10-11H2,1-4H3/t15-/m1/s1. The summed E-state index contributed by atoms with van der Waals surface area (Å²) in [6.45, 7) is 7.90. The van der Waals surface area contributed by atoms with E-state index in [1.165, 1.54) is 4.31 Å². The van der Waals surface area contributed by atoms with Crippen LogP contribution in [0.15, 0.2) is 23.1 Å². The summed E-state index contributed by atoms with van der Waals surface area (Å²) in [6, 6.07) is 4.77. The van der Waals surface area contributed by atoms with E-state index in [1.807, 2.05) is 26.8 Å². The monoisotopic (exact) mass is 359 g/mol. The van der Waals surface area contributed by atoms with E-state index >= 15 is 0 Å². The second-order valence-electron chi connectivity index (χ2n) is 6.79. The zero-order valence-corrected chi connectivity index (χ0v) is 15.7. The van der Waals surface area contributed by atoms with Gasteiger partial charge in [-0.2, -0.15) is 4.31 Å². The van der Waals surface area contributed by atoms with E-state index in [4.69, 9.17) is 0 Å². The van der Waals surface area contributed by atoms with Crippen molar-refractivity contribution in [1.29, 1.82) is 0 Å². The van der Waals surface area contributed by atoms with Crippen LogP contribution >= 0.6 is 0 Å². The minimum absolute atomic E-state index is 0.0641. The number of rotatable bonds is 5. The first-order valence-corrected chi connectivity index (χ1v) is 11.1. The van der Waals surface area contributed by atoms with Crippen LogP contribution in [0.25, 0.3) is 0 Å². The summed E-state index contributed by atoms with van der Waals surface area (Å²) in [5.74, 6) is 0.109. The number of benzene rings is 1. The fraction of sp³-hybridized carbons (Fsp3) is 0.625. The van der Waals surface area contributed by atoms with E-state index < -0.39 is 25.9 Å². The van der Waals surface area contributed by atoms with E-state index in [0.717, 1.165) is 5.56 Å². The average molecular weight is 360 g/mol. The molecular formula is C16H25NO4S2. The molecule has 1 aromatic rings. The van der Waals surface area contributed by atoms with E-state index in [-0.39, 0.29) is 22.3 Å². The van der Waals surface area contributed by atoms with Crippen molar-refractivity contribution in [2.75, 3.05) is 18.1 Å². The van der Waals surface area contributed by atoms with Gasteiger partial charge >= 0.3 is 0 Å². The Hall–Kier alpha value is -0.920. The minimum Gasteiger partial charge on any atom is -0.229 e. The summed E-state index contributed by atoms with van der Waals surface area (Å²) in [5, 5.41) is 0. The quantitative estimate of drug-likeness (QED) is 0.807. The molecule has 1 atom stereocenters. The molecule has 0 saturated carbocycles. The Kier molecular flexibility index (Phi) is 5.23. The number of aryl methyl sites for hydroxylation is 2. The third-order valence-electron chi connectivity index (χ3n) is 4.08. The predicted molar refractivity (Wildman–Crippen MR) is 91.7 cm³/mol. The number of nitrogens with zero attached hydrogens (tertiary/aromatic N) is 1. The highest BCUT2D eigenvalue weighted by Gasteiger charge is 2.39. The van der Waals surface area contributed by atoms with E-state index in [0.29, 0.717) is 18.5 Å². The van der Waals surface area contributed by atoms with Gasteiger partial charge in [0.25, 0.3) is 0 Å². The van der Waals surface area contributed by atoms with Gasteiger partial charge in [0, 0.05) is 12.6 Å². The number of hydrogen-bond donors (Lipinski definition) is 0. The van der Waals surface area contributed by atoms with Gasteiger partial charge in [-0.15, -0.1) is 0 Å². The molecule has 1 aliphatic rings. The highest BCUT2D eigenvalue weighted by Crippen LogP contribution is 2.28. The van der Waals surface area contributed by atoms with Crippen molar-refractivity contribution in [3.8, 4) is 0 Å². The van der Waals surface area contributed by atoms with Gasteiger partial charge in [-0.05, 0) is 37.8 Å². The van der Waals surface area contributed by atoms with Gasteiger partial charge in [-0.25, -0.2) is 16.8 Å². The molecule has 1 heterocycles. The van der Waals surface area contributed by atoms with Gasteiger partial charge in [0.15, 0.2) is 9.84 Å². The van der Waals surface area contributed by atoms with Crippen LogP contribution in [-0.2, 0) is 19.9 Å². The van der Waals surface area contributed by atoms with Gasteiger partial charge in [-0.1, -0.05) is 31.5 Å². The van der Waals surface area contributed by atoms with Crippen molar-refractivity contribution >= 4 is 19.9 Å². The van der Waals surface area contributed by atoms with Gasteiger partial charge in [0.1, 0.15) is 0 Å². The highest BCUT2D eigenvalue weighted by atomic mass is 32.2. The molecule has 0 bridgehead atoms. The van der Waals surface area contributed by atoms with Gasteiger partial charge in [0.2, 0.25) is 10.0 Å². The SMILES string of the molecule is Cc1ccc(S(=O)(=O)N(CC(C)C)[C@@H]2CCS(=O)(=O)C2)c(C)c1. The molecule has 5 nitrogen and oxygen atoms in total. The molecule has 0 aromatic heterocycles. The van der Waals surface area contributed by atoms with E-state index in [2.05, 4.69) is 0 Å². The molecule has 0 unspecified atom stereocenters. The van der Waals surface area contributed by atoms with Crippen molar-refractivity contribution < 1.29 is 16.8 Å². The second-order valence-corrected chi connectivity index (χ2v) is 10.9. The molecule has 0 aliphatic carbocycles. The largest absolute Gasteiger partial charge is 0.243 e. The lowest BCUT2D eigenvalue weighted by Crippen LogP contribution is -2.43. The van der Waals surface area contributed by atoms with Crippen LogP contribution in [0.3, 0.4) is 0 Å². The minimum atomic E-state index is -3.71. The molecule has 0 radical (unpaired) electrons. The topological polar surface area (TPSA) is 71.5 Å². The summed E-state index contributed by atoms with van der Waals surface area (Å²) in [5.41, 5.74) is 1.69. The summed E-state index contributed by atoms with van der Waals surface area (Å²) in [6.07, 6.45) is 0.374. The Morgan fingerprint density at radius 2 is 1.91 bits per heavy atom. The molecule has 0 N–H and O–H groups in total. The molecule has 1 fully saturated rings. The summed E-state index contributed by atoms with van der Waals surface area (Å²) in [4.78, 5) is 0.271. The maximum absolute atomic E-state index is 13.1. The third-order valence-corrected chi connectivity index (χ3v) is 7.91. The van der Waals surface area contributed by atoms with Gasteiger partial charge in [-0.3, -0.25) is 0 Å². The molecule has 130 valence electrons. The van der Waals surface area contributed by atoms with Crippen LogP contribution in [0.2, 0.25) is 0 Å². The van der Waals surface area contributed by atoms with Crippen molar-refractivity contribution in [3.05, 3.63) is 29.3 Å². The Labute approximate surface area is 139 Å². The Morgan fingerprint density at radius 3 is 2.39 bits per heavy atom. The van der Waals surface area contributed by atoms with Crippen molar-refractivity contribution in [1.82, 2.24) is 4.31 Å². The van der Waals surface area contributed by atoms with E-state index in [9.17, 15) is 16.8 Å². The van der Waals surface area contributed by atoms with Crippen molar-refractivity contribution in [3.63, 3.8) is 0 Å².